The summed E-state index contributed by atoms with van der Waals surface area (Å²) in [5.74, 6) is 0. The molecule has 0 aromatic carbocycles. The number of amides is 1. The molecule has 1 amide bonds. The maximum absolute atomic E-state index is 12.0. The number of carbonyl (C=O) groups is 1. The third kappa shape index (κ3) is 3.16. The van der Waals surface area contributed by atoms with Gasteiger partial charge in [0.25, 0.3) is 0 Å². The van der Waals surface area contributed by atoms with Crippen LogP contribution < -0.4 is 0 Å². The van der Waals surface area contributed by atoms with E-state index in [0.29, 0.717) is 6.04 Å². The molecule has 0 aromatic heterocycles. The second-order valence-corrected chi connectivity index (χ2v) is 5.40. The molecule has 4 heteroatoms. The van der Waals surface area contributed by atoms with Crippen molar-refractivity contribution >= 4 is 6.09 Å². The first-order valence-corrected chi connectivity index (χ1v) is 7.44. The van der Waals surface area contributed by atoms with Gasteiger partial charge in [0.15, 0.2) is 0 Å². The predicted molar refractivity (Wildman–Crippen MR) is 71.6 cm³/mol. The molecule has 0 spiro atoms. The summed E-state index contributed by atoms with van der Waals surface area (Å²) in [5, 5.41) is 0. The van der Waals surface area contributed by atoms with Crippen LogP contribution in [-0.2, 0) is 4.74 Å². The molecule has 0 aromatic rings. The molecule has 1 atom stereocenters. The molecular formula is C14H26N2O2. The Bertz CT molecular complexity index is 273. The molecule has 0 radical (unpaired) electrons. The molecule has 4 nitrogen and oxygen atoms in total. The van der Waals surface area contributed by atoms with E-state index in [9.17, 15) is 4.79 Å². The Hall–Kier alpha value is -0.770. The number of likely N-dealkylation sites (N-methyl/N-ethyl adjacent to an activating group) is 1. The maximum atomic E-state index is 12.0. The lowest BCUT2D eigenvalue weighted by atomic mass is 10.2. The zero-order chi connectivity index (χ0) is 13.0. The molecule has 1 aliphatic heterocycles. The first-order chi connectivity index (χ1) is 8.74. The van der Waals surface area contributed by atoms with E-state index in [1.54, 1.807) is 0 Å². The van der Waals surface area contributed by atoms with E-state index in [0.717, 1.165) is 45.4 Å². The Labute approximate surface area is 110 Å². The summed E-state index contributed by atoms with van der Waals surface area (Å²) >= 11 is 0. The van der Waals surface area contributed by atoms with E-state index in [2.05, 4.69) is 18.7 Å². The molecule has 104 valence electrons. The van der Waals surface area contributed by atoms with Gasteiger partial charge in [0, 0.05) is 19.1 Å². The average molecular weight is 254 g/mol. The quantitative estimate of drug-likeness (QED) is 0.772. The topological polar surface area (TPSA) is 32.8 Å². The first-order valence-electron chi connectivity index (χ1n) is 7.44. The Morgan fingerprint density at radius 2 is 1.89 bits per heavy atom. The first kappa shape index (κ1) is 13.7. The van der Waals surface area contributed by atoms with Gasteiger partial charge in [-0.25, -0.2) is 4.79 Å². The second-order valence-electron chi connectivity index (χ2n) is 5.40. The molecular weight excluding hydrogens is 228 g/mol. The summed E-state index contributed by atoms with van der Waals surface area (Å²) in [5.41, 5.74) is 0. The van der Waals surface area contributed by atoms with E-state index in [1.807, 2.05) is 4.90 Å². The van der Waals surface area contributed by atoms with Crippen molar-refractivity contribution in [2.24, 2.45) is 0 Å². The maximum Gasteiger partial charge on any atom is 0.410 e. The zero-order valence-electron chi connectivity index (χ0n) is 11.7. The fourth-order valence-electron chi connectivity index (χ4n) is 3.17. The Morgan fingerprint density at radius 1 is 1.22 bits per heavy atom. The van der Waals surface area contributed by atoms with Crippen LogP contribution in [0.1, 0.15) is 46.0 Å². The summed E-state index contributed by atoms with van der Waals surface area (Å²) in [6.45, 7) is 8.19. The van der Waals surface area contributed by atoms with Crippen LogP contribution >= 0.6 is 0 Å². The number of ether oxygens (including phenoxy) is 1. The smallest absolute Gasteiger partial charge is 0.410 e. The van der Waals surface area contributed by atoms with Gasteiger partial charge >= 0.3 is 6.09 Å². The van der Waals surface area contributed by atoms with Crippen molar-refractivity contribution in [1.29, 1.82) is 0 Å². The molecule has 1 unspecified atom stereocenters. The molecule has 2 rings (SSSR count). The van der Waals surface area contributed by atoms with Crippen LogP contribution in [0.5, 0.6) is 0 Å². The van der Waals surface area contributed by atoms with Crippen LogP contribution in [0.4, 0.5) is 4.79 Å². The fourth-order valence-corrected chi connectivity index (χ4v) is 3.17. The molecule has 1 aliphatic carbocycles. The monoisotopic (exact) mass is 254 g/mol. The molecule has 18 heavy (non-hydrogen) atoms. The van der Waals surface area contributed by atoms with Gasteiger partial charge in [-0.15, -0.1) is 0 Å². The Balaban J connectivity index is 1.78. The SMILES string of the molecule is CCN(CC)C1CCN(C(=O)OC2CCCC2)C1. The lowest BCUT2D eigenvalue weighted by Crippen LogP contribution is -2.39. The van der Waals surface area contributed by atoms with Crippen molar-refractivity contribution in [3.63, 3.8) is 0 Å². The molecule has 1 saturated heterocycles. The summed E-state index contributed by atoms with van der Waals surface area (Å²) in [6.07, 6.45) is 5.71. The highest BCUT2D eigenvalue weighted by Crippen LogP contribution is 2.23. The van der Waals surface area contributed by atoms with E-state index in [4.69, 9.17) is 4.74 Å². The van der Waals surface area contributed by atoms with Crippen molar-refractivity contribution in [2.75, 3.05) is 26.2 Å². The van der Waals surface area contributed by atoms with Crippen molar-refractivity contribution in [3.05, 3.63) is 0 Å². The zero-order valence-corrected chi connectivity index (χ0v) is 11.7. The van der Waals surface area contributed by atoms with E-state index < -0.39 is 0 Å². The summed E-state index contributed by atoms with van der Waals surface area (Å²) in [7, 11) is 0. The van der Waals surface area contributed by atoms with E-state index >= 15 is 0 Å². The fraction of sp³-hybridized carbons (Fsp3) is 0.929. The lowest BCUT2D eigenvalue weighted by molar-refractivity contribution is 0.0692. The number of nitrogens with zero attached hydrogens (tertiary/aromatic N) is 2. The molecule has 0 N–H and O–H groups in total. The van der Waals surface area contributed by atoms with Gasteiger partial charge in [0.1, 0.15) is 6.10 Å². The standard InChI is InChI=1S/C14H26N2O2/c1-3-15(4-2)12-9-10-16(11-12)14(17)18-13-7-5-6-8-13/h12-13H,3-11H2,1-2H3. The number of rotatable bonds is 4. The third-order valence-electron chi connectivity index (χ3n) is 4.32. The highest BCUT2D eigenvalue weighted by atomic mass is 16.6. The van der Waals surface area contributed by atoms with Gasteiger partial charge in [0.05, 0.1) is 0 Å². The lowest BCUT2D eigenvalue weighted by Gasteiger charge is -2.26. The van der Waals surface area contributed by atoms with Gasteiger partial charge in [-0.1, -0.05) is 13.8 Å². The summed E-state index contributed by atoms with van der Waals surface area (Å²) in [6, 6.07) is 0.524. The molecule has 1 heterocycles. The van der Waals surface area contributed by atoms with Crippen LogP contribution in [0.25, 0.3) is 0 Å². The van der Waals surface area contributed by atoms with Gasteiger partial charge < -0.3 is 9.64 Å². The van der Waals surface area contributed by atoms with Gasteiger partial charge in [-0.05, 0) is 45.2 Å². The minimum absolute atomic E-state index is 0.0865. The van der Waals surface area contributed by atoms with Crippen LogP contribution in [0.2, 0.25) is 0 Å². The van der Waals surface area contributed by atoms with Gasteiger partial charge in [-0.2, -0.15) is 0 Å². The van der Waals surface area contributed by atoms with Crippen molar-refractivity contribution in [2.45, 2.75) is 58.1 Å². The Kier molecular flexibility index (Phi) is 4.87. The van der Waals surface area contributed by atoms with Gasteiger partial charge in [0.2, 0.25) is 0 Å². The Morgan fingerprint density at radius 3 is 2.50 bits per heavy atom. The third-order valence-corrected chi connectivity index (χ3v) is 4.32. The molecule has 2 aliphatic rings. The number of likely N-dealkylation sites (tertiary alicyclic amines) is 1. The molecule has 0 bridgehead atoms. The minimum Gasteiger partial charge on any atom is -0.446 e. The van der Waals surface area contributed by atoms with Crippen molar-refractivity contribution in [3.8, 4) is 0 Å². The minimum atomic E-state index is -0.0865. The van der Waals surface area contributed by atoms with Crippen LogP contribution in [-0.4, -0.2) is 54.2 Å². The summed E-state index contributed by atoms with van der Waals surface area (Å²) in [4.78, 5) is 16.4. The van der Waals surface area contributed by atoms with Crippen molar-refractivity contribution < 1.29 is 9.53 Å². The number of hydrogen-bond donors (Lipinski definition) is 0. The highest BCUT2D eigenvalue weighted by molar-refractivity contribution is 5.68. The van der Waals surface area contributed by atoms with E-state index in [1.165, 1.54) is 12.8 Å². The average Bonchev–Trinajstić information content (AvgIpc) is 3.01. The molecule has 1 saturated carbocycles. The second kappa shape index (κ2) is 6.41. The number of hydrogen-bond acceptors (Lipinski definition) is 3. The predicted octanol–water partition coefficient (Wildman–Crippen LogP) is 2.48. The van der Waals surface area contributed by atoms with Crippen LogP contribution in [0, 0.1) is 0 Å². The molecule has 2 fully saturated rings. The van der Waals surface area contributed by atoms with Crippen molar-refractivity contribution in [1.82, 2.24) is 9.80 Å². The van der Waals surface area contributed by atoms with Gasteiger partial charge in [-0.3, -0.25) is 4.90 Å². The van der Waals surface area contributed by atoms with Crippen LogP contribution in [0.3, 0.4) is 0 Å². The largest absolute Gasteiger partial charge is 0.446 e. The normalized spacial score (nSPS) is 25.1. The number of carbonyl (C=O) groups excluding carboxylic acids is 1. The van der Waals surface area contributed by atoms with Crippen LogP contribution in [0.15, 0.2) is 0 Å². The summed E-state index contributed by atoms with van der Waals surface area (Å²) < 4.78 is 5.56. The van der Waals surface area contributed by atoms with E-state index in [-0.39, 0.29) is 12.2 Å². The highest BCUT2D eigenvalue weighted by Gasteiger charge is 2.31.